The third kappa shape index (κ3) is 4.56. The van der Waals surface area contributed by atoms with Crippen molar-refractivity contribution in [3.05, 3.63) is 113 Å². The van der Waals surface area contributed by atoms with Crippen molar-refractivity contribution in [2.45, 2.75) is 25.4 Å². The fraction of sp³-hybridized carbons (Fsp3) is 0.226. The number of hydrogen-bond donors (Lipinski definition) is 0. The van der Waals surface area contributed by atoms with Crippen LogP contribution >= 0.6 is 0 Å². The van der Waals surface area contributed by atoms with Crippen molar-refractivity contribution >= 4 is 5.91 Å². The number of pyridine rings is 1. The lowest BCUT2D eigenvalue weighted by Crippen LogP contribution is -3.00. The molecule has 2 heterocycles. The molecule has 0 saturated carbocycles. The maximum Gasteiger partial charge on any atom is 0.254 e. The van der Waals surface area contributed by atoms with Crippen molar-refractivity contribution in [2.24, 2.45) is 0 Å². The molecule has 1 aromatic heterocycles. The van der Waals surface area contributed by atoms with Crippen LogP contribution in [0.3, 0.4) is 0 Å². The van der Waals surface area contributed by atoms with Crippen molar-refractivity contribution in [3.63, 3.8) is 0 Å². The smallest absolute Gasteiger partial charge is 0.254 e. The Morgan fingerprint density at radius 3 is 2.51 bits per heavy atom. The number of benzene rings is 3. The molecule has 6 rings (SSSR count). The number of fused-ring (bicyclic) bond motifs is 2. The first-order chi connectivity index (χ1) is 18.5. The van der Waals surface area contributed by atoms with Gasteiger partial charge in [-0.1, -0.05) is 30.3 Å². The van der Waals surface area contributed by atoms with Crippen molar-refractivity contribution in [3.8, 4) is 22.6 Å². The Kier molecular flexibility index (Phi) is 7.40. The van der Waals surface area contributed by atoms with Crippen molar-refractivity contribution in [1.82, 2.24) is 4.90 Å². The monoisotopic (exact) mass is 592 g/mol. The number of hydrogen-bond acceptors (Lipinski definition) is 3. The Bertz CT molecular complexity index is 1560. The maximum absolute atomic E-state index is 14.1. The molecule has 1 atom stereocenters. The molecule has 0 bridgehead atoms. The van der Waals surface area contributed by atoms with E-state index in [0.29, 0.717) is 36.4 Å². The summed E-state index contributed by atoms with van der Waals surface area (Å²) >= 11 is 0. The summed E-state index contributed by atoms with van der Waals surface area (Å²) in [5.41, 5.74) is 6.34. The van der Waals surface area contributed by atoms with Crippen LogP contribution in [0.4, 0.5) is 8.78 Å². The Labute approximate surface area is 236 Å². The molecule has 0 radical (unpaired) electrons. The first-order valence-corrected chi connectivity index (χ1v) is 12.6. The van der Waals surface area contributed by atoms with E-state index in [1.807, 2.05) is 23.1 Å². The van der Waals surface area contributed by atoms with Gasteiger partial charge in [0.25, 0.3) is 5.91 Å². The summed E-state index contributed by atoms with van der Waals surface area (Å²) in [5.74, 6) is -0.415. The van der Waals surface area contributed by atoms with E-state index in [4.69, 9.17) is 9.47 Å². The minimum Gasteiger partial charge on any atom is -1.00 e. The second kappa shape index (κ2) is 10.8. The number of carbonyl (C=O) groups is 1. The van der Waals surface area contributed by atoms with Gasteiger partial charge in [-0.15, -0.1) is 0 Å². The van der Waals surface area contributed by atoms with Gasteiger partial charge >= 0.3 is 0 Å². The molecule has 5 nitrogen and oxygen atoms in total. The zero-order valence-corrected chi connectivity index (χ0v) is 23.2. The van der Waals surface area contributed by atoms with Crippen LogP contribution in [0.15, 0.2) is 73.1 Å². The minimum absolute atomic E-state index is 0. The van der Waals surface area contributed by atoms with E-state index in [1.165, 1.54) is 11.6 Å². The second-order valence-corrected chi connectivity index (χ2v) is 9.66. The topological polar surface area (TPSA) is 42.7 Å². The predicted octanol–water partition coefficient (Wildman–Crippen LogP) is 2.28. The van der Waals surface area contributed by atoms with E-state index in [0.717, 1.165) is 28.3 Å². The fourth-order valence-corrected chi connectivity index (χ4v) is 5.81. The average molecular weight is 593 g/mol. The van der Waals surface area contributed by atoms with Crippen molar-refractivity contribution < 1.29 is 44.6 Å². The molecule has 1 amide bonds. The van der Waals surface area contributed by atoms with Crippen LogP contribution < -0.4 is 31.0 Å². The Hall–Kier alpha value is -3.78. The van der Waals surface area contributed by atoms with Crippen LogP contribution in [0.2, 0.25) is 0 Å². The van der Waals surface area contributed by atoms with Gasteiger partial charge in [0.1, 0.15) is 0 Å². The Morgan fingerprint density at radius 2 is 1.77 bits per heavy atom. The van der Waals surface area contributed by atoms with Gasteiger partial charge < -0.3 is 31.4 Å². The normalized spacial score (nSPS) is 15.1. The summed E-state index contributed by atoms with van der Waals surface area (Å²) < 4.78 is 41.0. The summed E-state index contributed by atoms with van der Waals surface area (Å²) in [6, 6.07) is 17.8. The Balaban J connectivity index is 0.00000308. The molecule has 1 unspecified atom stereocenters. The average Bonchev–Trinajstić information content (AvgIpc) is 2.95. The lowest BCUT2D eigenvalue weighted by Gasteiger charge is -2.42. The molecule has 0 N–H and O–H groups in total. The first kappa shape index (κ1) is 26.8. The molecule has 1 aliphatic carbocycles. The standard InChI is InChI=1S/C31H27F2N2O3.BrH/c1-37-26-17-21-12-15-35(25-16-20-6-3-4-8-23(20)28(27(21)25)30(26)38-2)31(36)19-10-13-34(14-11-19)18-22-7-5-9-24(32)29(22)33;/h3-11,13-14,17,25H,12,15-16,18H2,1-2H3;1H/q+1;/p-1. The number of ether oxygens (including phenoxy) is 2. The summed E-state index contributed by atoms with van der Waals surface area (Å²) in [7, 11) is 3.29. The van der Waals surface area contributed by atoms with Crippen LogP contribution in [0, 0.1) is 11.6 Å². The zero-order chi connectivity index (χ0) is 26.4. The molecular formula is C31H27BrF2N2O3. The summed E-state index contributed by atoms with van der Waals surface area (Å²) in [5, 5.41) is 0. The highest BCUT2D eigenvalue weighted by atomic mass is 79.9. The largest absolute Gasteiger partial charge is 1.00 e. The molecule has 8 heteroatoms. The van der Waals surface area contributed by atoms with Gasteiger partial charge in [-0.05, 0) is 53.3 Å². The van der Waals surface area contributed by atoms with E-state index in [9.17, 15) is 13.6 Å². The third-order valence-electron chi connectivity index (χ3n) is 7.61. The molecule has 0 spiro atoms. The minimum atomic E-state index is -0.872. The number of aromatic nitrogens is 1. The van der Waals surface area contributed by atoms with Crippen molar-refractivity contribution in [1.29, 1.82) is 0 Å². The lowest BCUT2D eigenvalue weighted by atomic mass is 9.76. The van der Waals surface area contributed by atoms with Crippen LogP contribution in [-0.4, -0.2) is 31.6 Å². The number of nitrogens with zero attached hydrogens (tertiary/aromatic N) is 2. The Morgan fingerprint density at radius 1 is 1.00 bits per heavy atom. The maximum atomic E-state index is 14.1. The summed E-state index contributed by atoms with van der Waals surface area (Å²) in [4.78, 5) is 15.8. The van der Waals surface area contributed by atoms with Gasteiger partial charge in [0, 0.05) is 24.2 Å². The number of amides is 1. The number of methoxy groups -OCH3 is 2. The lowest BCUT2D eigenvalue weighted by molar-refractivity contribution is -0.688. The van der Waals surface area contributed by atoms with Crippen molar-refractivity contribution in [2.75, 3.05) is 20.8 Å². The molecule has 39 heavy (non-hydrogen) atoms. The highest BCUT2D eigenvalue weighted by Gasteiger charge is 2.39. The van der Waals surface area contributed by atoms with Crippen LogP contribution in [0.5, 0.6) is 11.5 Å². The van der Waals surface area contributed by atoms with E-state index >= 15 is 0 Å². The van der Waals surface area contributed by atoms with E-state index in [2.05, 4.69) is 12.1 Å². The van der Waals surface area contributed by atoms with Gasteiger partial charge in [0.05, 0.1) is 31.4 Å². The number of carbonyl (C=O) groups excluding carboxylic acids is 1. The first-order valence-electron chi connectivity index (χ1n) is 12.6. The van der Waals surface area contributed by atoms with Crippen LogP contribution in [0.25, 0.3) is 11.1 Å². The molecule has 4 aromatic rings. The molecule has 0 fully saturated rings. The van der Waals surface area contributed by atoms with Gasteiger partial charge in [0.15, 0.2) is 42.1 Å². The van der Waals surface area contributed by atoms with Gasteiger partial charge in [0.2, 0.25) is 0 Å². The van der Waals surface area contributed by atoms with E-state index in [-0.39, 0.29) is 41.0 Å². The fourth-order valence-electron chi connectivity index (χ4n) is 5.81. The molecular weight excluding hydrogens is 566 g/mol. The highest BCUT2D eigenvalue weighted by molar-refractivity contribution is 5.95. The summed E-state index contributed by atoms with van der Waals surface area (Å²) in [6.45, 7) is 0.747. The SMILES string of the molecule is COc1cc2c3c(c1OC)-c1ccccc1CC3N(C(=O)c1cc[n+](Cc3cccc(F)c3F)cc1)CC2.[Br-]. The second-order valence-electron chi connectivity index (χ2n) is 9.66. The van der Waals surface area contributed by atoms with E-state index < -0.39 is 11.6 Å². The third-order valence-corrected chi connectivity index (χ3v) is 7.61. The van der Waals surface area contributed by atoms with Crippen LogP contribution in [-0.2, 0) is 19.4 Å². The summed E-state index contributed by atoms with van der Waals surface area (Å²) in [6.07, 6.45) is 4.87. The predicted molar refractivity (Wildman–Crippen MR) is 138 cm³/mol. The van der Waals surface area contributed by atoms with Gasteiger partial charge in [-0.2, -0.15) is 0 Å². The quantitative estimate of drug-likeness (QED) is 0.334. The van der Waals surface area contributed by atoms with Gasteiger partial charge in [-0.3, -0.25) is 4.79 Å². The molecule has 200 valence electrons. The molecule has 0 saturated heterocycles. The number of halogens is 3. The van der Waals surface area contributed by atoms with E-state index in [1.54, 1.807) is 49.4 Å². The molecule has 1 aliphatic heterocycles. The molecule has 3 aromatic carbocycles. The zero-order valence-electron chi connectivity index (χ0n) is 21.6. The highest BCUT2D eigenvalue weighted by Crippen LogP contribution is 2.52. The molecule has 2 aliphatic rings. The van der Waals surface area contributed by atoms with Crippen LogP contribution in [0.1, 0.15) is 38.7 Å². The van der Waals surface area contributed by atoms with Gasteiger partial charge in [-0.25, -0.2) is 13.3 Å². The number of rotatable bonds is 5.